The number of carbonyl (C=O) groups excluding carboxylic acids is 2. The van der Waals surface area contributed by atoms with Gasteiger partial charge in [-0.3, -0.25) is 9.69 Å². The molecule has 0 N–H and O–H groups in total. The molecule has 8 nitrogen and oxygen atoms in total. The minimum Gasteiger partial charge on any atom is -0.399 e. The maximum Gasteiger partial charge on any atom is 0.420 e. The lowest BCUT2D eigenvalue weighted by Gasteiger charge is -2.33. The van der Waals surface area contributed by atoms with Crippen molar-refractivity contribution in [1.29, 1.82) is 0 Å². The summed E-state index contributed by atoms with van der Waals surface area (Å²) >= 11 is 1.40. The summed E-state index contributed by atoms with van der Waals surface area (Å²) in [5.74, 6) is 2.13. The maximum atomic E-state index is 13.4. The summed E-state index contributed by atoms with van der Waals surface area (Å²) in [7, 11) is 2.14. The number of nitrogens with zero attached hydrogens (tertiary/aromatic N) is 5. The highest BCUT2D eigenvalue weighted by Crippen LogP contribution is 2.52. The van der Waals surface area contributed by atoms with E-state index in [1.165, 1.54) is 16.9 Å². The summed E-state index contributed by atoms with van der Waals surface area (Å²) < 4.78 is 5.73. The van der Waals surface area contributed by atoms with Gasteiger partial charge >= 0.3 is 6.09 Å². The number of rotatable bonds is 6. The number of hydrogen-bond acceptors (Lipinski definition) is 7. The van der Waals surface area contributed by atoms with Crippen LogP contribution in [0.2, 0.25) is 0 Å². The number of ether oxygens (including phenoxy) is 1. The first-order valence-electron chi connectivity index (χ1n) is 14.5. The van der Waals surface area contributed by atoms with E-state index < -0.39 is 6.09 Å². The van der Waals surface area contributed by atoms with Crippen molar-refractivity contribution in [3.63, 3.8) is 0 Å². The Balaban J connectivity index is 1.11. The molecule has 0 bridgehead atoms. The molecule has 9 heteroatoms. The summed E-state index contributed by atoms with van der Waals surface area (Å²) in [4.78, 5) is 39.6. The molecule has 4 heterocycles. The number of anilines is 2. The van der Waals surface area contributed by atoms with Gasteiger partial charge in [-0.15, -0.1) is 11.3 Å². The average molecular weight is 574 g/mol. The van der Waals surface area contributed by atoms with E-state index in [4.69, 9.17) is 9.72 Å². The third-order valence-electron chi connectivity index (χ3n) is 8.82. The van der Waals surface area contributed by atoms with E-state index in [1.54, 1.807) is 17.2 Å². The van der Waals surface area contributed by atoms with E-state index in [1.807, 2.05) is 40.6 Å². The van der Waals surface area contributed by atoms with Crippen LogP contribution in [0.1, 0.15) is 36.7 Å². The number of piperidine rings is 1. The Kier molecular flexibility index (Phi) is 7.50. The number of piperazine rings is 1. The predicted octanol–water partition coefficient (Wildman–Crippen LogP) is 5.22. The highest BCUT2D eigenvalue weighted by Gasteiger charge is 2.57. The van der Waals surface area contributed by atoms with Crippen molar-refractivity contribution in [2.75, 3.05) is 62.7 Å². The van der Waals surface area contributed by atoms with E-state index in [2.05, 4.69) is 49.8 Å². The summed E-state index contributed by atoms with van der Waals surface area (Å²) in [6, 6.07) is 15.7. The Labute approximate surface area is 246 Å². The van der Waals surface area contributed by atoms with E-state index in [0.29, 0.717) is 29.4 Å². The summed E-state index contributed by atoms with van der Waals surface area (Å²) in [6.07, 6.45) is 1.40. The molecule has 2 aromatic heterocycles. The number of pyridine rings is 1. The molecule has 2 unspecified atom stereocenters. The number of amides is 2. The second-order valence-corrected chi connectivity index (χ2v) is 13.5. The van der Waals surface area contributed by atoms with Gasteiger partial charge in [0.2, 0.25) is 0 Å². The largest absolute Gasteiger partial charge is 0.420 e. The van der Waals surface area contributed by atoms with Gasteiger partial charge < -0.3 is 19.4 Å². The molecule has 3 aliphatic rings. The molecule has 1 aliphatic carbocycles. The van der Waals surface area contributed by atoms with Gasteiger partial charge in [0.05, 0.1) is 11.9 Å². The van der Waals surface area contributed by atoms with Gasteiger partial charge in [0, 0.05) is 51.4 Å². The lowest BCUT2D eigenvalue weighted by atomic mass is 9.86. The van der Waals surface area contributed by atoms with Gasteiger partial charge in [-0.1, -0.05) is 32.9 Å². The fourth-order valence-corrected chi connectivity index (χ4v) is 6.67. The maximum absolute atomic E-state index is 13.4. The molecule has 2 saturated heterocycles. The average Bonchev–Trinajstić information content (AvgIpc) is 3.32. The van der Waals surface area contributed by atoms with Crippen molar-refractivity contribution in [3.8, 4) is 5.06 Å². The molecule has 3 aromatic rings. The zero-order valence-electron chi connectivity index (χ0n) is 24.3. The minimum absolute atomic E-state index is 0.0566. The van der Waals surface area contributed by atoms with Gasteiger partial charge in [0.15, 0.2) is 5.06 Å². The zero-order chi connectivity index (χ0) is 28.7. The summed E-state index contributed by atoms with van der Waals surface area (Å²) in [5.41, 5.74) is 2.75. The molecular weight excluding hydrogens is 534 g/mol. The van der Waals surface area contributed by atoms with E-state index in [0.717, 1.165) is 56.3 Å². The normalized spacial score (nSPS) is 22.4. The molecule has 0 radical (unpaired) electrons. The fourth-order valence-electron chi connectivity index (χ4n) is 6.10. The number of likely N-dealkylation sites (N-methyl/N-ethyl adjacent to an activating group) is 1. The molecule has 1 aromatic carbocycles. The number of carbonyl (C=O) groups is 2. The Morgan fingerprint density at radius 1 is 1.00 bits per heavy atom. The number of thiophene rings is 1. The van der Waals surface area contributed by atoms with Crippen molar-refractivity contribution in [2.45, 2.75) is 26.2 Å². The van der Waals surface area contributed by atoms with Crippen LogP contribution in [0.25, 0.3) is 0 Å². The molecule has 2 aliphatic heterocycles. The molecule has 3 fully saturated rings. The second kappa shape index (κ2) is 11.1. The summed E-state index contributed by atoms with van der Waals surface area (Å²) in [6.45, 7) is 12.4. The van der Waals surface area contributed by atoms with E-state index >= 15 is 0 Å². The molecule has 1 saturated carbocycles. The Bertz CT molecular complexity index is 1350. The third-order valence-corrected chi connectivity index (χ3v) is 9.57. The van der Waals surface area contributed by atoms with Gasteiger partial charge in [-0.25, -0.2) is 9.78 Å². The zero-order valence-corrected chi connectivity index (χ0v) is 25.1. The smallest absolute Gasteiger partial charge is 0.399 e. The molecule has 216 valence electrons. The lowest BCUT2D eigenvalue weighted by molar-refractivity contribution is 0.0768. The minimum atomic E-state index is -0.390. The Hall–Kier alpha value is -3.43. The van der Waals surface area contributed by atoms with Crippen LogP contribution in [0.5, 0.6) is 5.06 Å². The second-order valence-electron chi connectivity index (χ2n) is 12.6. The van der Waals surface area contributed by atoms with Crippen LogP contribution in [0, 0.1) is 17.8 Å². The van der Waals surface area contributed by atoms with Gasteiger partial charge in [-0.2, -0.15) is 0 Å². The van der Waals surface area contributed by atoms with Gasteiger partial charge in [-0.05, 0) is 77.6 Å². The number of likely N-dealkylation sites (tertiary alicyclic amines) is 1. The third kappa shape index (κ3) is 5.97. The highest BCUT2D eigenvalue weighted by molar-refractivity contribution is 7.11. The van der Waals surface area contributed by atoms with Crippen LogP contribution in [0.15, 0.2) is 60.1 Å². The van der Waals surface area contributed by atoms with Crippen LogP contribution >= 0.6 is 11.3 Å². The Morgan fingerprint density at radius 2 is 1.71 bits per heavy atom. The molecule has 0 spiro atoms. The standard InChI is InChI=1S/C32H39N5O3S/c1-32(2,3)23-9-7-22(8-10-23)30(38)36-19-25-26(20-36)27(25)21-37(31(39)40-29-6-5-17-41-29)24-11-12-28(33-18-24)35-15-13-34(4)14-16-35/h5-12,17-18,25-27H,13-16,19-21H2,1-4H3. The number of aromatic nitrogens is 1. The highest BCUT2D eigenvalue weighted by atomic mass is 32.1. The van der Waals surface area contributed by atoms with Crippen LogP contribution < -0.4 is 14.5 Å². The van der Waals surface area contributed by atoms with Crippen molar-refractivity contribution in [2.24, 2.45) is 17.8 Å². The SMILES string of the molecule is CN1CCN(c2ccc(N(CC3C4CN(C(=O)c5ccc(C(C)(C)C)cc5)CC43)C(=O)Oc3cccs3)cn2)CC1. The first-order chi connectivity index (χ1) is 19.7. The fraction of sp³-hybridized carbons (Fsp3) is 0.469. The van der Waals surface area contributed by atoms with Crippen LogP contribution in [0.3, 0.4) is 0 Å². The van der Waals surface area contributed by atoms with Crippen LogP contribution in [-0.4, -0.2) is 79.6 Å². The molecule has 2 atom stereocenters. The Morgan fingerprint density at radius 3 is 2.29 bits per heavy atom. The number of fused-ring (bicyclic) bond motifs is 1. The molecule has 41 heavy (non-hydrogen) atoms. The van der Waals surface area contributed by atoms with E-state index in [-0.39, 0.29) is 11.3 Å². The lowest BCUT2D eigenvalue weighted by Crippen LogP contribution is -2.44. The topological polar surface area (TPSA) is 69.2 Å². The molecule has 2 amide bonds. The van der Waals surface area contributed by atoms with Crippen molar-refractivity contribution >= 4 is 34.8 Å². The van der Waals surface area contributed by atoms with Crippen LogP contribution in [0.4, 0.5) is 16.3 Å². The first kappa shape index (κ1) is 27.7. The monoisotopic (exact) mass is 573 g/mol. The van der Waals surface area contributed by atoms with E-state index in [9.17, 15) is 9.59 Å². The summed E-state index contributed by atoms with van der Waals surface area (Å²) in [5, 5.41) is 2.47. The first-order valence-corrected chi connectivity index (χ1v) is 15.4. The van der Waals surface area contributed by atoms with Gasteiger partial charge in [0.1, 0.15) is 5.82 Å². The molecular formula is C32H39N5O3S. The van der Waals surface area contributed by atoms with Crippen molar-refractivity contribution in [1.82, 2.24) is 14.8 Å². The number of benzene rings is 1. The van der Waals surface area contributed by atoms with Gasteiger partial charge in [0.25, 0.3) is 5.91 Å². The molecule has 6 rings (SSSR count). The number of hydrogen-bond donors (Lipinski definition) is 0. The van der Waals surface area contributed by atoms with Crippen molar-refractivity contribution in [3.05, 3.63) is 71.2 Å². The predicted molar refractivity (Wildman–Crippen MR) is 163 cm³/mol. The van der Waals surface area contributed by atoms with Crippen LogP contribution in [-0.2, 0) is 5.41 Å². The quantitative estimate of drug-likeness (QED) is 0.403. The van der Waals surface area contributed by atoms with Crippen molar-refractivity contribution < 1.29 is 14.3 Å².